The Balaban J connectivity index is 2.34. The van der Waals surface area contributed by atoms with Gasteiger partial charge < -0.3 is 10.1 Å². The van der Waals surface area contributed by atoms with Crippen LogP contribution in [0.4, 0.5) is 4.39 Å². The maximum absolute atomic E-state index is 13.0. The number of hydrogen-bond acceptors (Lipinski definition) is 2. The molecule has 0 aliphatic heterocycles. The van der Waals surface area contributed by atoms with Crippen molar-refractivity contribution in [3.05, 3.63) is 63.9 Å². The van der Waals surface area contributed by atoms with Gasteiger partial charge in [0.15, 0.2) is 0 Å². The number of hydrogen-bond donors (Lipinski definition) is 1. The molecule has 2 aromatic rings. The number of halogens is 2. The van der Waals surface area contributed by atoms with Crippen molar-refractivity contribution in [2.75, 3.05) is 13.7 Å². The summed E-state index contributed by atoms with van der Waals surface area (Å²) in [5.74, 6) is 0.603. The van der Waals surface area contributed by atoms with Crippen molar-refractivity contribution >= 4 is 15.9 Å². The van der Waals surface area contributed by atoms with E-state index in [1.54, 1.807) is 12.1 Å². The first kappa shape index (κ1) is 15.0. The number of rotatable bonds is 5. The van der Waals surface area contributed by atoms with Crippen LogP contribution in [0.1, 0.15) is 24.1 Å². The summed E-state index contributed by atoms with van der Waals surface area (Å²) >= 11 is 3.58. The summed E-state index contributed by atoms with van der Waals surface area (Å²) in [6, 6.07) is 12.4. The first-order valence-corrected chi connectivity index (χ1v) is 7.30. The van der Waals surface area contributed by atoms with Crippen LogP contribution < -0.4 is 10.1 Å². The van der Waals surface area contributed by atoms with E-state index in [0.717, 1.165) is 21.3 Å². The Morgan fingerprint density at radius 2 is 1.90 bits per heavy atom. The minimum atomic E-state index is -0.227. The summed E-state index contributed by atoms with van der Waals surface area (Å²) in [6.45, 7) is 2.59. The molecule has 0 aliphatic carbocycles. The van der Waals surface area contributed by atoms with Crippen LogP contribution in [0.15, 0.2) is 46.9 Å². The fourth-order valence-electron chi connectivity index (χ4n) is 2.16. The zero-order valence-electron chi connectivity index (χ0n) is 11.5. The van der Waals surface area contributed by atoms with E-state index in [4.69, 9.17) is 4.74 Å². The van der Waals surface area contributed by atoms with Gasteiger partial charge in [-0.15, -0.1) is 0 Å². The van der Waals surface area contributed by atoms with Gasteiger partial charge >= 0.3 is 0 Å². The molecule has 1 N–H and O–H groups in total. The highest BCUT2D eigenvalue weighted by atomic mass is 79.9. The summed E-state index contributed by atoms with van der Waals surface area (Å²) in [4.78, 5) is 0. The molecule has 2 nitrogen and oxygen atoms in total. The maximum atomic E-state index is 13.0. The second kappa shape index (κ2) is 6.86. The summed E-state index contributed by atoms with van der Waals surface area (Å²) in [5, 5.41) is 3.25. The molecule has 20 heavy (non-hydrogen) atoms. The third-order valence-corrected chi connectivity index (χ3v) is 3.77. The molecule has 1 unspecified atom stereocenters. The molecule has 0 fully saturated rings. The van der Waals surface area contributed by atoms with Crippen LogP contribution in [0.3, 0.4) is 0 Å². The molecule has 106 valence electrons. The highest BCUT2D eigenvalue weighted by Gasteiger charge is 2.15. The first-order chi connectivity index (χ1) is 9.65. The number of ether oxygens (including phenoxy) is 1. The van der Waals surface area contributed by atoms with Crippen molar-refractivity contribution in [1.82, 2.24) is 5.32 Å². The molecule has 4 heteroatoms. The normalized spacial score (nSPS) is 12.2. The number of benzene rings is 2. The molecule has 2 rings (SSSR count). The van der Waals surface area contributed by atoms with E-state index in [1.165, 1.54) is 12.1 Å². The molecule has 0 saturated heterocycles. The third-order valence-electron chi connectivity index (χ3n) is 3.09. The van der Waals surface area contributed by atoms with Crippen molar-refractivity contribution < 1.29 is 9.13 Å². The van der Waals surface area contributed by atoms with Crippen LogP contribution in [-0.4, -0.2) is 13.7 Å². The fraction of sp³-hybridized carbons (Fsp3) is 0.250. The van der Waals surface area contributed by atoms with E-state index in [1.807, 2.05) is 32.2 Å². The lowest BCUT2D eigenvalue weighted by Crippen LogP contribution is -2.18. The minimum absolute atomic E-state index is 0.000603. The van der Waals surface area contributed by atoms with E-state index >= 15 is 0 Å². The minimum Gasteiger partial charge on any atom is -0.494 e. The Morgan fingerprint density at radius 1 is 1.20 bits per heavy atom. The molecule has 0 saturated carbocycles. The van der Waals surface area contributed by atoms with E-state index in [0.29, 0.717) is 6.61 Å². The smallest absolute Gasteiger partial charge is 0.123 e. The summed E-state index contributed by atoms with van der Waals surface area (Å²) < 4.78 is 19.5. The largest absolute Gasteiger partial charge is 0.494 e. The number of nitrogens with one attached hydrogen (secondary N) is 1. The Bertz CT molecular complexity index is 571. The molecule has 0 radical (unpaired) electrons. The van der Waals surface area contributed by atoms with E-state index < -0.39 is 0 Å². The van der Waals surface area contributed by atoms with E-state index in [-0.39, 0.29) is 11.9 Å². The van der Waals surface area contributed by atoms with Crippen molar-refractivity contribution in [2.45, 2.75) is 13.0 Å². The van der Waals surface area contributed by atoms with Crippen LogP contribution in [0.5, 0.6) is 5.75 Å². The topological polar surface area (TPSA) is 21.3 Å². The van der Waals surface area contributed by atoms with Crippen molar-refractivity contribution in [1.29, 1.82) is 0 Å². The molecule has 0 bridgehead atoms. The molecule has 0 aromatic heterocycles. The SMILES string of the molecule is CCOc1ccc(C(NC)c2ccc(F)cc2)c(Br)c1. The maximum Gasteiger partial charge on any atom is 0.123 e. The molecule has 0 amide bonds. The lowest BCUT2D eigenvalue weighted by atomic mass is 9.99. The van der Waals surface area contributed by atoms with Gasteiger partial charge in [-0.05, 0) is 49.4 Å². The van der Waals surface area contributed by atoms with Gasteiger partial charge in [0.05, 0.1) is 12.6 Å². The second-order valence-electron chi connectivity index (χ2n) is 4.39. The van der Waals surface area contributed by atoms with Gasteiger partial charge in [-0.2, -0.15) is 0 Å². The van der Waals surface area contributed by atoms with Crippen molar-refractivity contribution in [3.63, 3.8) is 0 Å². The summed E-state index contributed by atoms with van der Waals surface area (Å²) in [7, 11) is 1.89. The lowest BCUT2D eigenvalue weighted by molar-refractivity contribution is 0.340. The standard InChI is InChI=1S/C16H17BrFNO/c1-3-20-13-8-9-14(15(17)10-13)16(19-2)11-4-6-12(18)7-5-11/h4-10,16,19H,3H2,1-2H3. The highest BCUT2D eigenvalue weighted by Crippen LogP contribution is 2.31. The van der Waals surface area contributed by atoms with E-state index in [9.17, 15) is 4.39 Å². The van der Waals surface area contributed by atoms with Crippen LogP contribution in [0.2, 0.25) is 0 Å². The van der Waals surface area contributed by atoms with Gasteiger partial charge in [-0.1, -0.05) is 34.1 Å². The van der Waals surface area contributed by atoms with Gasteiger partial charge in [0, 0.05) is 4.47 Å². The zero-order chi connectivity index (χ0) is 14.5. The van der Waals surface area contributed by atoms with Crippen molar-refractivity contribution in [2.24, 2.45) is 0 Å². The van der Waals surface area contributed by atoms with Gasteiger partial charge in [0.2, 0.25) is 0 Å². The molecular weight excluding hydrogens is 321 g/mol. The second-order valence-corrected chi connectivity index (χ2v) is 5.24. The van der Waals surface area contributed by atoms with Crippen LogP contribution in [0.25, 0.3) is 0 Å². The van der Waals surface area contributed by atoms with Gasteiger partial charge in [-0.25, -0.2) is 4.39 Å². The Kier molecular flexibility index (Phi) is 5.15. The lowest BCUT2D eigenvalue weighted by Gasteiger charge is -2.19. The Hall–Kier alpha value is -1.39. The van der Waals surface area contributed by atoms with Gasteiger partial charge in [0.25, 0.3) is 0 Å². The quantitative estimate of drug-likeness (QED) is 0.878. The van der Waals surface area contributed by atoms with Gasteiger partial charge in [0.1, 0.15) is 11.6 Å². The van der Waals surface area contributed by atoms with Crippen LogP contribution in [0, 0.1) is 5.82 Å². The van der Waals surface area contributed by atoms with Crippen LogP contribution in [-0.2, 0) is 0 Å². The average molecular weight is 338 g/mol. The Morgan fingerprint density at radius 3 is 2.45 bits per heavy atom. The third kappa shape index (κ3) is 3.38. The molecule has 2 aromatic carbocycles. The molecule has 1 atom stereocenters. The van der Waals surface area contributed by atoms with Crippen molar-refractivity contribution in [3.8, 4) is 5.75 Å². The van der Waals surface area contributed by atoms with Gasteiger partial charge in [-0.3, -0.25) is 0 Å². The molecule has 0 heterocycles. The average Bonchev–Trinajstić information content (AvgIpc) is 2.44. The molecular formula is C16H17BrFNO. The fourth-order valence-corrected chi connectivity index (χ4v) is 2.74. The summed E-state index contributed by atoms with van der Waals surface area (Å²) in [5.41, 5.74) is 2.10. The summed E-state index contributed by atoms with van der Waals surface area (Å²) in [6.07, 6.45) is 0. The first-order valence-electron chi connectivity index (χ1n) is 6.50. The molecule has 0 spiro atoms. The van der Waals surface area contributed by atoms with E-state index in [2.05, 4.69) is 21.2 Å². The predicted molar refractivity (Wildman–Crippen MR) is 82.6 cm³/mol. The monoisotopic (exact) mass is 337 g/mol. The highest BCUT2D eigenvalue weighted by molar-refractivity contribution is 9.10. The Labute approximate surface area is 127 Å². The molecule has 0 aliphatic rings. The zero-order valence-corrected chi connectivity index (χ0v) is 13.1. The predicted octanol–water partition coefficient (Wildman–Crippen LogP) is 4.30. The van der Waals surface area contributed by atoms with Crippen LogP contribution >= 0.6 is 15.9 Å².